The molecule has 1 fully saturated rings. The Kier molecular flexibility index (Phi) is 6.64. The SMILES string of the molecule is CCCc1nc(C)c(C(=O)Nc2ccc(N3CCOCC3)cc2C(=O)OC)s1. The van der Waals surface area contributed by atoms with Crippen molar-refractivity contribution in [3.63, 3.8) is 0 Å². The third kappa shape index (κ3) is 4.51. The van der Waals surface area contributed by atoms with Crippen LogP contribution in [-0.4, -0.2) is 50.3 Å². The van der Waals surface area contributed by atoms with Crippen LogP contribution in [0.2, 0.25) is 0 Å². The first kappa shape index (κ1) is 20.3. The molecule has 1 saturated heterocycles. The maximum atomic E-state index is 12.8. The van der Waals surface area contributed by atoms with E-state index < -0.39 is 5.97 Å². The van der Waals surface area contributed by atoms with E-state index in [-0.39, 0.29) is 5.91 Å². The molecule has 1 aliphatic heterocycles. The second kappa shape index (κ2) is 9.16. The van der Waals surface area contributed by atoms with Gasteiger partial charge >= 0.3 is 5.97 Å². The fraction of sp³-hybridized carbons (Fsp3) is 0.450. The second-order valence-corrected chi connectivity index (χ2v) is 7.63. The van der Waals surface area contributed by atoms with Crippen molar-refractivity contribution >= 4 is 34.6 Å². The largest absolute Gasteiger partial charge is 0.465 e. The molecule has 1 aromatic carbocycles. The second-order valence-electron chi connectivity index (χ2n) is 6.55. The van der Waals surface area contributed by atoms with Gasteiger partial charge < -0.3 is 19.7 Å². The summed E-state index contributed by atoms with van der Waals surface area (Å²) >= 11 is 1.40. The summed E-state index contributed by atoms with van der Waals surface area (Å²) in [7, 11) is 1.33. The zero-order valence-corrected chi connectivity index (χ0v) is 17.2. The number of carbonyl (C=O) groups excluding carboxylic acids is 2. The number of aryl methyl sites for hydroxylation is 2. The number of nitrogens with zero attached hydrogens (tertiary/aromatic N) is 2. The zero-order chi connectivity index (χ0) is 20.1. The van der Waals surface area contributed by atoms with E-state index in [1.165, 1.54) is 18.4 Å². The predicted molar refractivity (Wildman–Crippen MR) is 110 cm³/mol. The van der Waals surface area contributed by atoms with E-state index in [0.717, 1.165) is 36.6 Å². The van der Waals surface area contributed by atoms with Crippen molar-refractivity contribution in [2.75, 3.05) is 43.6 Å². The molecular weight excluding hydrogens is 378 g/mol. The molecule has 8 heteroatoms. The molecule has 2 heterocycles. The van der Waals surface area contributed by atoms with Gasteiger partial charge in [0.05, 0.1) is 42.3 Å². The molecule has 3 rings (SSSR count). The Hall–Kier alpha value is -2.45. The lowest BCUT2D eigenvalue weighted by Gasteiger charge is -2.29. The van der Waals surface area contributed by atoms with Gasteiger partial charge in [0.15, 0.2) is 0 Å². The normalized spacial score (nSPS) is 14.0. The number of rotatable bonds is 6. The highest BCUT2D eigenvalue weighted by Gasteiger charge is 2.21. The summed E-state index contributed by atoms with van der Waals surface area (Å²) in [5.74, 6) is -0.750. The molecule has 2 aromatic rings. The number of nitrogens with one attached hydrogen (secondary N) is 1. The van der Waals surface area contributed by atoms with E-state index in [0.29, 0.717) is 35.0 Å². The molecule has 1 N–H and O–H groups in total. The third-order valence-electron chi connectivity index (χ3n) is 4.54. The minimum absolute atomic E-state index is 0.262. The molecule has 0 radical (unpaired) electrons. The van der Waals surface area contributed by atoms with Crippen LogP contribution >= 0.6 is 11.3 Å². The standard InChI is InChI=1S/C20H25N3O4S/c1-4-5-17-21-13(2)18(28-17)19(24)22-16-7-6-14(12-15(16)20(25)26-3)23-8-10-27-11-9-23/h6-7,12H,4-5,8-11H2,1-3H3,(H,22,24). The van der Waals surface area contributed by atoms with Crippen molar-refractivity contribution in [1.29, 1.82) is 0 Å². The number of hydrogen-bond acceptors (Lipinski definition) is 7. The Bertz CT molecular complexity index is 859. The van der Waals surface area contributed by atoms with E-state index in [2.05, 4.69) is 22.1 Å². The van der Waals surface area contributed by atoms with Crippen LogP contribution in [0.3, 0.4) is 0 Å². The summed E-state index contributed by atoms with van der Waals surface area (Å²) in [5, 5.41) is 3.80. The number of aromatic nitrogens is 1. The molecule has 0 saturated carbocycles. The Morgan fingerprint density at radius 2 is 2.07 bits per heavy atom. The van der Waals surface area contributed by atoms with Gasteiger partial charge in [-0.15, -0.1) is 11.3 Å². The summed E-state index contributed by atoms with van der Waals surface area (Å²) < 4.78 is 10.3. The first-order chi connectivity index (χ1) is 13.5. The molecule has 28 heavy (non-hydrogen) atoms. The number of thiazole rings is 1. The number of hydrogen-bond donors (Lipinski definition) is 1. The average Bonchev–Trinajstić information content (AvgIpc) is 3.09. The Balaban J connectivity index is 1.85. The van der Waals surface area contributed by atoms with E-state index in [9.17, 15) is 9.59 Å². The number of anilines is 2. The molecule has 150 valence electrons. The first-order valence-electron chi connectivity index (χ1n) is 9.36. The van der Waals surface area contributed by atoms with Crippen LogP contribution in [0.5, 0.6) is 0 Å². The minimum atomic E-state index is -0.488. The lowest BCUT2D eigenvalue weighted by atomic mass is 10.1. The van der Waals surface area contributed by atoms with Crippen molar-refractivity contribution in [2.45, 2.75) is 26.7 Å². The maximum absolute atomic E-state index is 12.8. The van der Waals surface area contributed by atoms with Gasteiger partial charge in [0.1, 0.15) is 4.88 Å². The number of ether oxygens (including phenoxy) is 2. The summed E-state index contributed by atoms with van der Waals surface area (Å²) in [5.41, 5.74) is 2.37. The number of esters is 1. The molecule has 7 nitrogen and oxygen atoms in total. The number of methoxy groups -OCH3 is 1. The lowest BCUT2D eigenvalue weighted by molar-refractivity contribution is 0.0602. The summed E-state index contributed by atoms with van der Waals surface area (Å²) in [6, 6.07) is 5.41. The fourth-order valence-electron chi connectivity index (χ4n) is 3.10. The van der Waals surface area contributed by atoms with Crippen molar-refractivity contribution in [3.8, 4) is 0 Å². The quantitative estimate of drug-likeness (QED) is 0.746. The van der Waals surface area contributed by atoms with E-state index in [1.54, 1.807) is 12.1 Å². The highest BCUT2D eigenvalue weighted by molar-refractivity contribution is 7.13. The molecule has 0 spiro atoms. The zero-order valence-electron chi connectivity index (χ0n) is 16.4. The van der Waals surface area contributed by atoms with Crippen LogP contribution < -0.4 is 10.2 Å². The van der Waals surface area contributed by atoms with Crippen LogP contribution in [0.1, 0.15) is 44.1 Å². The van der Waals surface area contributed by atoms with Crippen LogP contribution in [0.4, 0.5) is 11.4 Å². The molecular formula is C20H25N3O4S. The van der Waals surface area contributed by atoms with Crippen LogP contribution in [0.15, 0.2) is 18.2 Å². The molecule has 0 bridgehead atoms. The molecule has 0 aliphatic carbocycles. The van der Waals surface area contributed by atoms with Crippen LogP contribution in [-0.2, 0) is 15.9 Å². The number of amides is 1. The van der Waals surface area contributed by atoms with Crippen molar-refractivity contribution in [3.05, 3.63) is 39.3 Å². The Morgan fingerprint density at radius 3 is 2.75 bits per heavy atom. The predicted octanol–water partition coefficient (Wildman–Crippen LogP) is 3.28. The molecule has 0 unspecified atom stereocenters. The minimum Gasteiger partial charge on any atom is -0.465 e. The summed E-state index contributed by atoms with van der Waals surface area (Å²) in [6.45, 7) is 6.72. The number of morpholine rings is 1. The monoisotopic (exact) mass is 403 g/mol. The van der Waals surface area contributed by atoms with Crippen LogP contribution in [0.25, 0.3) is 0 Å². The first-order valence-corrected chi connectivity index (χ1v) is 10.2. The van der Waals surface area contributed by atoms with Gasteiger partial charge in [0.25, 0.3) is 5.91 Å². The molecule has 1 aliphatic rings. The van der Waals surface area contributed by atoms with Crippen molar-refractivity contribution in [1.82, 2.24) is 4.98 Å². The van der Waals surface area contributed by atoms with Gasteiger partial charge in [-0.2, -0.15) is 0 Å². The smallest absolute Gasteiger partial charge is 0.340 e. The van der Waals surface area contributed by atoms with Crippen molar-refractivity contribution < 1.29 is 19.1 Å². The van der Waals surface area contributed by atoms with Gasteiger partial charge in [-0.1, -0.05) is 6.92 Å². The van der Waals surface area contributed by atoms with E-state index in [4.69, 9.17) is 9.47 Å². The Morgan fingerprint density at radius 1 is 1.32 bits per heavy atom. The van der Waals surface area contributed by atoms with Crippen LogP contribution in [0, 0.1) is 6.92 Å². The Labute approximate surface area is 168 Å². The lowest BCUT2D eigenvalue weighted by Crippen LogP contribution is -2.36. The topological polar surface area (TPSA) is 80.8 Å². The third-order valence-corrected chi connectivity index (χ3v) is 5.76. The van der Waals surface area contributed by atoms with E-state index >= 15 is 0 Å². The highest BCUT2D eigenvalue weighted by Crippen LogP contribution is 2.27. The average molecular weight is 404 g/mol. The van der Waals surface area contributed by atoms with Crippen molar-refractivity contribution in [2.24, 2.45) is 0 Å². The highest BCUT2D eigenvalue weighted by atomic mass is 32.1. The molecule has 1 aromatic heterocycles. The summed E-state index contributed by atoms with van der Waals surface area (Å²) in [6.07, 6.45) is 1.82. The van der Waals surface area contributed by atoms with Gasteiger partial charge in [-0.3, -0.25) is 4.79 Å². The summed E-state index contributed by atoms with van der Waals surface area (Å²) in [4.78, 5) is 32.3. The van der Waals surface area contributed by atoms with Gasteiger partial charge in [-0.25, -0.2) is 9.78 Å². The van der Waals surface area contributed by atoms with E-state index in [1.807, 2.05) is 13.0 Å². The fourth-order valence-corrected chi connectivity index (χ4v) is 4.16. The maximum Gasteiger partial charge on any atom is 0.340 e. The van der Waals surface area contributed by atoms with Gasteiger partial charge in [-0.05, 0) is 38.0 Å². The molecule has 0 atom stereocenters. The number of carbonyl (C=O) groups is 2. The molecule has 1 amide bonds. The van der Waals surface area contributed by atoms with Gasteiger partial charge in [0, 0.05) is 18.8 Å². The van der Waals surface area contributed by atoms with Gasteiger partial charge in [0.2, 0.25) is 0 Å². The number of benzene rings is 1.